The summed E-state index contributed by atoms with van der Waals surface area (Å²) < 4.78 is 0. The molecule has 0 aliphatic carbocycles. The van der Waals surface area contributed by atoms with Crippen molar-refractivity contribution in [2.24, 2.45) is 0 Å². The molecule has 0 bridgehead atoms. The van der Waals surface area contributed by atoms with Gasteiger partial charge in [-0.05, 0) is 12.8 Å². The lowest BCUT2D eigenvalue weighted by Gasteiger charge is -2.03. The van der Waals surface area contributed by atoms with Gasteiger partial charge in [0.05, 0.1) is 0 Å². The number of hydrogen-bond acceptors (Lipinski definition) is 2. The van der Waals surface area contributed by atoms with Crippen molar-refractivity contribution in [1.82, 2.24) is 18.5 Å². The Morgan fingerprint density at radius 2 is 0.870 bits per heavy atom. The fourth-order valence-corrected chi connectivity index (χ4v) is 2.29. The van der Waals surface area contributed by atoms with E-state index in [0.717, 1.165) is 12.8 Å². The highest BCUT2D eigenvalue weighted by molar-refractivity contribution is 5.63. The van der Waals surface area contributed by atoms with Gasteiger partial charge in [0.1, 0.15) is 0 Å². The summed E-state index contributed by atoms with van der Waals surface area (Å²) >= 11 is 0. The highest BCUT2D eigenvalue weighted by Gasteiger charge is 1.93. The van der Waals surface area contributed by atoms with E-state index in [1.807, 2.05) is 0 Å². The minimum atomic E-state index is -0.905. The van der Waals surface area contributed by atoms with Crippen LogP contribution in [0.1, 0.15) is 96.8 Å². The number of halogens is 2. The molecule has 0 aliphatic heterocycles. The third-order valence-electron chi connectivity index (χ3n) is 3.48. The Balaban J connectivity index is -0.000000144. The second-order valence-electron chi connectivity index (χ2n) is 5.36. The normalized spacial score (nSPS) is 8.39. The second-order valence-corrected chi connectivity index (χ2v) is 5.36. The van der Waals surface area contributed by atoms with Gasteiger partial charge in [-0.25, -0.2) is 0 Å². The molecule has 23 heavy (non-hydrogen) atoms. The number of unbranched alkanes of at least 4 members (excludes halogenated alkanes) is 12. The van der Waals surface area contributed by atoms with Gasteiger partial charge < -0.3 is 53.2 Å². The Morgan fingerprint density at radius 3 is 1.13 bits per heavy atom. The lowest BCUT2D eigenvalue weighted by atomic mass is 10.0. The van der Waals surface area contributed by atoms with Crippen LogP contribution in [-0.2, 0) is 4.79 Å². The monoisotopic (exact) mass is 379 g/mol. The molecule has 0 aliphatic rings. The largest absolute Gasteiger partial charge is 1.00 e. The number of quaternary nitrogens is 3. The van der Waals surface area contributed by atoms with Crippen molar-refractivity contribution < 1.29 is 34.7 Å². The van der Waals surface area contributed by atoms with E-state index in [9.17, 15) is 9.90 Å². The van der Waals surface area contributed by atoms with Gasteiger partial charge in [-0.3, -0.25) is 0 Å². The minimum absolute atomic E-state index is 0. The van der Waals surface area contributed by atoms with E-state index in [2.05, 4.69) is 6.92 Å². The Hall–Kier alpha value is -0.0700. The zero-order chi connectivity index (χ0) is 13.5. The van der Waals surface area contributed by atoms with Gasteiger partial charge in [-0.1, -0.05) is 84.0 Å². The summed E-state index contributed by atoms with van der Waals surface area (Å²) in [5.41, 5.74) is 0. The van der Waals surface area contributed by atoms with Crippen LogP contribution >= 0.6 is 0 Å². The van der Waals surface area contributed by atoms with Gasteiger partial charge in [0.2, 0.25) is 0 Å². The number of carboxylic acid groups (broad SMARTS) is 1. The molecule has 0 saturated carbocycles. The summed E-state index contributed by atoms with van der Waals surface area (Å²) in [6.45, 7) is 2.26. The van der Waals surface area contributed by atoms with Crippen LogP contribution in [0.2, 0.25) is 0 Å². The number of aliphatic carboxylic acids is 1. The molecule has 0 saturated heterocycles. The van der Waals surface area contributed by atoms with E-state index in [-0.39, 0.29) is 49.7 Å². The van der Waals surface area contributed by atoms with Crippen LogP contribution in [0.5, 0.6) is 0 Å². The fourth-order valence-electron chi connectivity index (χ4n) is 2.29. The third-order valence-corrected chi connectivity index (χ3v) is 3.48. The van der Waals surface area contributed by atoms with Crippen LogP contribution in [0, 0.1) is 0 Å². The maximum absolute atomic E-state index is 10.2. The molecule has 148 valence electrons. The first-order chi connectivity index (χ1) is 8.77. The molecule has 0 spiro atoms. The predicted octanol–water partition coefficient (Wildman–Crippen LogP) is -0.646. The second kappa shape index (κ2) is 33.5. The Morgan fingerprint density at radius 1 is 0.609 bits per heavy atom. The van der Waals surface area contributed by atoms with Gasteiger partial charge in [0.25, 0.3) is 0 Å². The molecule has 0 atom stereocenters. The van der Waals surface area contributed by atoms with E-state index in [4.69, 9.17) is 0 Å². The molecule has 0 amide bonds. The van der Waals surface area contributed by atoms with Crippen LogP contribution in [0.25, 0.3) is 0 Å². The average Bonchev–Trinajstić information content (AvgIpc) is 2.34. The zero-order valence-corrected chi connectivity index (χ0v) is 17.5. The van der Waals surface area contributed by atoms with Crippen LogP contribution < -0.4 is 48.4 Å². The van der Waals surface area contributed by atoms with E-state index >= 15 is 0 Å². The van der Waals surface area contributed by atoms with E-state index in [1.165, 1.54) is 70.6 Å². The van der Waals surface area contributed by atoms with Gasteiger partial charge in [0, 0.05) is 5.97 Å². The van der Waals surface area contributed by atoms with Crippen LogP contribution in [0.15, 0.2) is 0 Å². The highest BCUT2D eigenvalue weighted by atomic mass is 35.5. The maximum atomic E-state index is 10.2. The van der Waals surface area contributed by atoms with Crippen LogP contribution in [0.3, 0.4) is 0 Å². The first-order valence-corrected chi connectivity index (χ1v) is 7.97. The minimum Gasteiger partial charge on any atom is -1.00 e. The SMILES string of the molecule is CCCCCCCCCCCCCCCC(=O)[O-].[Cl-].[Cl-].[NH4+].[NH4+].[NH4+]. The molecule has 0 rings (SSSR count). The summed E-state index contributed by atoms with van der Waals surface area (Å²) in [7, 11) is 0. The molecule has 0 radical (unpaired) electrons. The zero-order valence-electron chi connectivity index (χ0n) is 16.0. The molecule has 5 nitrogen and oxygen atoms in total. The van der Waals surface area contributed by atoms with Crippen molar-refractivity contribution >= 4 is 5.97 Å². The Bertz CT molecular complexity index is 200. The van der Waals surface area contributed by atoms with Crippen LogP contribution in [-0.4, -0.2) is 5.97 Å². The molecule has 0 heterocycles. The smallest absolute Gasteiger partial charge is 0.0414 e. The number of rotatable bonds is 14. The van der Waals surface area contributed by atoms with Gasteiger partial charge in [-0.2, -0.15) is 0 Å². The topological polar surface area (TPSA) is 150 Å². The number of carbonyl (C=O) groups is 1. The van der Waals surface area contributed by atoms with Gasteiger partial charge in [0.15, 0.2) is 0 Å². The molecular formula is C16H43Cl2N3O2. The van der Waals surface area contributed by atoms with Crippen molar-refractivity contribution in [3.8, 4) is 0 Å². The summed E-state index contributed by atoms with van der Waals surface area (Å²) in [6, 6.07) is 0. The van der Waals surface area contributed by atoms with Gasteiger partial charge in [-0.15, -0.1) is 0 Å². The summed E-state index contributed by atoms with van der Waals surface area (Å²) in [6.07, 6.45) is 16.9. The van der Waals surface area contributed by atoms with Gasteiger partial charge >= 0.3 is 0 Å². The number of carbonyl (C=O) groups excluding carboxylic acids is 1. The van der Waals surface area contributed by atoms with Crippen LogP contribution in [0.4, 0.5) is 0 Å². The molecule has 0 aromatic carbocycles. The lowest BCUT2D eigenvalue weighted by Crippen LogP contribution is -3.00. The molecular weight excluding hydrogens is 337 g/mol. The van der Waals surface area contributed by atoms with Crippen molar-refractivity contribution in [1.29, 1.82) is 0 Å². The summed E-state index contributed by atoms with van der Waals surface area (Å²) in [5.74, 6) is -0.905. The predicted molar refractivity (Wildman–Crippen MR) is 93.3 cm³/mol. The molecule has 0 aromatic rings. The summed E-state index contributed by atoms with van der Waals surface area (Å²) in [4.78, 5) is 10.2. The van der Waals surface area contributed by atoms with Crippen molar-refractivity contribution in [3.63, 3.8) is 0 Å². The van der Waals surface area contributed by atoms with Crippen molar-refractivity contribution in [2.45, 2.75) is 96.8 Å². The standard InChI is InChI=1S/C16H32O2.2ClH.3H3N/c1-2-3-4-5-6-7-8-9-10-11-12-13-14-15-16(17)18;;;;;/h2-15H2,1H3,(H,17,18);2*1H;3*1H3. The van der Waals surface area contributed by atoms with E-state index < -0.39 is 5.97 Å². The van der Waals surface area contributed by atoms with E-state index in [1.54, 1.807) is 0 Å². The summed E-state index contributed by atoms with van der Waals surface area (Å²) in [5, 5.41) is 10.2. The first-order valence-electron chi connectivity index (χ1n) is 7.97. The lowest BCUT2D eigenvalue weighted by molar-refractivity contribution is -0.305. The van der Waals surface area contributed by atoms with Crippen molar-refractivity contribution in [3.05, 3.63) is 0 Å². The van der Waals surface area contributed by atoms with Crippen molar-refractivity contribution in [2.75, 3.05) is 0 Å². The number of hydrogen-bond donors (Lipinski definition) is 3. The molecule has 7 heteroatoms. The molecule has 0 aromatic heterocycles. The first kappa shape index (κ1) is 38.5. The Kier molecular flexibility index (Phi) is 56.1. The highest BCUT2D eigenvalue weighted by Crippen LogP contribution is 2.12. The maximum Gasteiger partial charge on any atom is 0.0414 e. The Labute approximate surface area is 156 Å². The number of carboxylic acids is 1. The molecule has 12 N–H and O–H groups in total. The third kappa shape index (κ3) is 39.1. The fraction of sp³-hybridized carbons (Fsp3) is 0.938. The molecule has 0 unspecified atom stereocenters. The van der Waals surface area contributed by atoms with E-state index in [0.29, 0.717) is 0 Å². The average molecular weight is 380 g/mol. The molecule has 0 fully saturated rings. The quantitative estimate of drug-likeness (QED) is 0.343.